The molecular formula is C33H26Cl2N4O3S2. The van der Waals surface area contributed by atoms with E-state index >= 15 is 0 Å². The van der Waals surface area contributed by atoms with Gasteiger partial charge in [0.05, 0.1) is 25.5 Å². The molecule has 0 bridgehead atoms. The van der Waals surface area contributed by atoms with E-state index in [-0.39, 0.29) is 16.6 Å². The van der Waals surface area contributed by atoms with E-state index in [0.717, 1.165) is 20.7 Å². The fraction of sp³-hybridized carbons (Fsp3) is 0.0909. The van der Waals surface area contributed by atoms with Crippen molar-refractivity contribution in [1.82, 2.24) is 10.3 Å². The lowest BCUT2D eigenvalue weighted by molar-refractivity contribution is -0.115. The van der Waals surface area contributed by atoms with Gasteiger partial charge in [-0.25, -0.2) is 4.98 Å². The quantitative estimate of drug-likeness (QED) is 0.109. The average molecular weight is 662 g/mol. The Morgan fingerprint density at radius 3 is 2.41 bits per heavy atom. The third-order valence-electron chi connectivity index (χ3n) is 6.38. The predicted octanol–water partition coefficient (Wildman–Crippen LogP) is 8.44. The van der Waals surface area contributed by atoms with Crippen LogP contribution in [0.3, 0.4) is 0 Å². The topological polar surface area (TPSA) is 100 Å². The minimum Gasteiger partial charge on any atom is -0.321 e. The molecule has 11 heteroatoms. The molecular weight excluding hydrogens is 635 g/mol. The van der Waals surface area contributed by atoms with Gasteiger partial charge in [0, 0.05) is 16.1 Å². The fourth-order valence-corrected chi connectivity index (χ4v) is 6.29. The van der Waals surface area contributed by atoms with Crippen LogP contribution < -0.4 is 16.0 Å². The van der Waals surface area contributed by atoms with Crippen LogP contribution in [-0.4, -0.2) is 28.0 Å². The Morgan fingerprint density at radius 2 is 1.66 bits per heavy atom. The minimum absolute atomic E-state index is 0.0169. The van der Waals surface area contributed by atoms with E-state index in [4.69, 9.17) is 23.2 Å². The smallest absolute Gasteiger partial charge is 0.272 e. The number of nitrogens with zero attached hydrogens (tertiary/aromatic N) is 1. The van der Waals surface area contributed by atoms with Crippen LogP contribution in [0.15, 0.2) is 102 Å². The molecule has 0 spiro atoms. The summed E-state index contributed by atoms with van der Waals surface area (Å²) >= 11 is 15.3. The molecule has 1 unspecified atom stereocenters. The Hall–Kier alpha value is -4.15. The van der Waals surface area contributed by atoms with E-state index in [2.05, 4.69) is 20.9 Å². The lowest BCUT2D eigenvalue weighted by Crippen LogP contribution is -2.30. The zero-order chi connectivity index (χ0) is 31.2. The summed E-state index contributed by atoms with van der Waals surface area (Å²) in [6.45, 7) is 3.84. The molecule has 0 aliphatic carbocycles. The van der Waals surface area contributed by atoms with Crippen molar-refractivity contribution in [3.63, 3.8) is 0 Å². The van der Waals surface area contributed by atoms with E-state index in [1.807, 2.05) is 44.2 Å². The van der Waals surface area contributed by atoms with Crippen molar-refractivity contribution in [2.45, 2.75) is 24.0 Å². The highest BCUT2D eigenvalue weighted by Gasteiger charge is 2.18. The van der Waals surface area contributed by atoms with Gasteiger partial charge in [0.15, 0.2) is 5.13 Å². The Morgan fingerprint density at radius 1 is 0.909 bits per heavy atom. The summed E-state index contributed by atoms with van der Waals surface area (Å²) in [5.41, 5.74) is 3.33. The van der Waals surface area contributed by atoms with Crippen LogP contribution in [0.4, 0.5) is 10.8 Å². The van der Waals surface area contributed by atoms with Gasteiger partial charge >= 0.3 is 0 Å². The molecule has 5 rings (SSSR count). The molecule has 0 saturated carbocycles. The van der Waals surface area contributed by atoms with Crippen molar-refractivity contribution in [2.75, 3.05) is 10.6 Å². The highest BCUT2D eigenvalue weighted by atomic mass is 35.5. The number of aromatic nitrogens is 1. The molecule has 3 amide bonds. The van der Waals surface area contributed by atoms with E-state index in [0.29, 0.717) is 27.0 Å². The first kappa shape index (κ1) is 31.3. The third-order valence-corrected chi connectivity index (χ3v) is 9.26. The fourth-order valence-electron chi connectivity index (χ4n) is 4.10. The first-order valence-electron chi connectivity index (χ1n) is 13.4. The molecule has 0 fully saturated rings. The number of anilines is 2. The number of hydrogen-bond acceptors (Lipinski definition) is 6. The average Bonchev–Trinajstić information content (AvgIpc) is 3.41. The molecule has 0 radical (unpaired) electrons. The molecule has 7 nitrogen and oxygen atoms in total. The number of hydrogen-bond donors (Lipinski definition) is 3. The summed E-state index contributed by atoms with van der Waals surface area (Å²) in [4.78, 5) is 44.4. The van der Waals surface area contributed by atoms with Gasteiger partial charge in [-0.15, -0.1) is 11.8 Å². The number of halogens is 2. The van der Waals surface area contributed by atoms with Gasteiger partial charge in [0.25, 0.3) is 11.8 Å². The largest absolute Gasteiger partial charge is 0.321 e. The summed E-state index contributed by atoms with van der Waals surface area (Å²) in [6, 6.07) is 26.6. The Balaban J connectivity index is 1.25. The summed E-state index contributed by atoms with van der Waals surface area (Å²) in [6.07, 6.45) is 1.47. The first-order chi connectivity index (χ1) is 21.2. The SMILES string of the molecule is Cc1ccc2nc(NC(=O)C(C)Sc3ccc(NC(=O)/C(=C/c4cccc(Cl)c4Cl)NC(=O)c4ccccc4)cc3)sc2c1. The van der Waals surface area contributed by atoms with E-state index in [1.165, 1.54) is 29.2 Å². The van der Waals surface area contributed by atoms with Gasteiger partial charge in [-0.3, -0.25) is 14.4 Å². The van der Waals surface area contributed by atoms with E-state index in [1.54, 1.807) is 60.7 Å². The predicted molar refractivity (Wildman–Crippen MR) is 182 cm³/mol. The number of amides is 3. The van der Waals surface area contributed by atoms with Crippen LogP contribution in [0.2, 0.25) is 10.0 Å². The second kappa shape index (κ2) is 14.1. The van der Waals surface area contributed by atoms with Crippen molar-refractivity contribution in [1.29, 1.82) is 0 Å². The number of aryl methyl sites for hydroxylation is 1. The normalized spacial score (nSPS) is 12.0. The summed E-state index contributed by atoms with van der Waals surface area (Å²) in [5, 5.41) is 9.15. The van der Waals surface area contributed by atoms with Crippen LogP contribution in [0.25, 0.3) is 16.3 Å². The number of thiazole rings is 1. The Bertz CT molecular complexity index is 1880. The standard InChI is InChI=1S/C33H26Cl2N4O3S2/c1-19-11-16-26-28(17-19)44-33(38-26)39-30(40)20(2)43-24-14-12-23(13-15-24)36-32(42)27(18-22-9-6-10-25(34)29(22)35)37-31(41)21-7-4-3-5-8-21/h3-18,20H,1-2H3,(H,36,42)(H,37,41)(H,38,39,40)/b27-18-. The lowest BCUT2D eigenvalue weighted by Gasteiger charge is -2.13. The maximum Gasteiger partial charge on any atom is 0.272 e. The van der Waals surface area contributed by atoms with Crippen LogP contribution in [-0.2, 0) is 9.59 Å². The van der Waals surface area contributed by atoms with E-state index in [9.17, 15) is 14.4 Å². The summed E-state index contributed by atoms with van der Waals surface area (Å²) in [5.74, 6) is -1.17. The van der Waals surface area contributed by atoms with Crippen LogP contribution in [0, 0.1) is 6.92 Å². The van der Waals surface area contributed by atoms with E-state index < -0.39 is 17.1 Å². The molecule has 1 atom stereocenters. The van der Waals surface area contributed by atoms with Crippen molar-refractivity contribution in [3.8, 4) is 0 Å². The second-order valence-electron chi connectivity index (χ2n) is 9.74. The molecule has 222 valence electrons. The number of carbonyl (C=O) groups excluding carboxylic acids is 3. The second-order valence-corrected chi connectivity index (χ2v) is 13.0. The van der Waals surface area contributed by atoms with Crippen molar-refractivity contribution in [3.05, 3.63) is 123 Å². The molecule has 44 heavy (non-hydrogen) atoms. The number of carbonyl (C=O) groups is 3. The van der Waals surface area contributed by atoms with Gasteiger partial charge in [0.1, 0.15) is 5.70 Å². The minimum atomic E-state index is -0.551. The number of nitrogens with one attached hydrogen (secondary N) is 3. The van der Waals surface area contributed by atoms with Gasteiger partial charge in [-0.2, -0.15) is 0 Å². The van der Waals surface area contributed by atoms with Crippen LogP contribution >= 0.6 is 46.3 Å². The zero-order valence-corrected chi connectivity index (χ0v) is 26.7. The first-order valence-corrected chi connectivity index (χ1v) is 15.9. The number of rotatable bonds is 9. The molecule has 0 aliphatic heterocycles. The van der Waals surface area contributed by atoms with Gasteiger partial charge in [-0.05, 0) is 85.6 Å². The van der Waals surface area contributed by atoms with Crippen LogP contribution in [0.5, 0.6) is 0 Å². The number of fused-ring (bicyclic) bond motifs is 1. The molecule has 4 aromatic carbocycles. The van der Waals surface area contributed by atoms with Crippen LogP contribution in [0.1, 0.15) is 28.4 Å². The maximum atomic E-state index is 13.4. The Kier molecular flexibility index (Phi) is 10.0. The maximum absolute atomic E-state index is 13.4. The summed E-state index contributed by atoms with van der Waals surface area (Å²) in [7, 11) is 0. The molecule has 0 aliphatic rings. The molecule has 1 heterocycles. The third kappa shape index (κ3) is 7.86. The number of benzene rings is 4. The molecule has 5 aromatic rings. The monoisotopic (exact) mass is 660 g/mol. The van der Waals surface area contributed by atoms with Gasteiger partial charge < -0.3 is 16.0 Å². The van der Waals surface area contributed by atoms with Crippen molar-refractivity contribution in [2.24, 2.45) is 0 Å². The van der Waals surface area contributed by atoms with Gasteiger partial charge in [-0.1, -0.05) is 70.9 Å². The molecule has 1 aromatic heterocycles. The van der Waals surface area contributed by atoms with Crippen molar-refractivity contribution < 1.29 is 14.4 Å². The zero-order valence-electron chi connectivity index (χ0n) is 23.6. The Labute approximate surface area is 272 Å². The highest BCUT2D eigenvalue weighted by Crippen LogP contribution is 2.30. The molecule has 0 saturated heterocycles. The lowest BCUT2D eigenvalue weighted by atomic mass is 10.1. The van der Waals surface area contributed by atoms with Crippen molar-refractivity contribution >= 4 is 91.1 Å². The van der Waals surface area contributed by atoms with Gasteiger partial charge in [0.2, 0.25) is 5.91 Å². The summed E-state index contributed by atoms with van der Waals surface area (Å²) < 4.78 is 1.02. The highest BCUT2D eigenvalue weighted by molar-refractivity contribution is 8.00. The number of thioether (sulfide) groups is 1. The molecule has 3 N–H and O–H groups in total.